The number of carbonyl (C=O) groups is 5. The Kier molecular flexibility index (Phi) is 13.0. The molecule has 31 heavy (non-hydrogen) atoms. The first-order chi connectivity index (χ1) is 14.4. The minimum atomic E-state index is -1.52. The third kappa shape index (κ3) is 10.7. The van der Waals surface area contributed by atoms with Gasteiger partial charge in [0, 0.05) is 0 Å². The molecule has 0 aromatic carbocycles. The predicted octanol–water partition coefficient (Wildman–Crippen LogP) is -1.48. The average Bonchev–Trinajstić information content (AvgIpc) is 2.69. The summed E-state index contributed by atoms with van der Waals surface area (Å²) < 4.78 is 0. The number of hydrogen-bond acceptors (Lipinski definition) is 7. The summed E-state index contributed by atoms with van der Waals surface area (Å²) in [5, 5.41) is 25.0. The van der Waals surface area contributed by atoms with Crippen molar-refractivity contribution in [2.75, 3.05) is 6.54 Å². The number of nitrogens with one attached hydrogen (secondary N) is 3. The lowest BCUT2D eigenvalue weighted by Gasteiger charge is -2.27. The van der Waals surface area contributed by atoms with Crippen molar-refractivity contribution in [1.82, 2.24) is 16.0 Å². The molecule has 3 amide bonds. The van der Waals surface area contributed by atoms with Crippen LogP contribution < -0.4 is 27.4 Å². The van der Waals surface area contributed by atoms with E-state index in [0.717, 1.165) is 0 Å². The van der Waals surface area contributed by atoms with Crippen LogP contribution >= 0.6 is 0 Å². The number of carboxylic acids is 2. The molecule has 0 bridgehead atoms. The first-order valence-electron chi connectivity index (χ1n) is 10.3. The van der Waals surface area contributed by atoms with E-state index in [-0.39, 0.29) is 5.92 Å². The molecule has 0 saturated heterocycles. The van der Waals surface area contributed by atoms with Gasteiger partial charge in [0.1, 0.15) is 18.1 Å². The first kappa shape index (κ1) is 28.3. The summed E-state index contributed by atoms with van der Waals surface area (Å²) >= 11 is 0. The summed E-state index contributed by atoms with van der Waals surface area (Å²) in [5.74, 6) is -5.29. The van der Waals surface area contributed by atoms with Gasteiger partial charge in [-0.05, 0) is 32.2 Å². The topological polar surface area (TPSA) is 214 Å². The standard InChI is InChI=1S/C19H35N5O7/c1-4-10(2)15(24-16(27)12(21)7-5-6-8-20)18(29)23-13(9-14(25)26)17(28)22-11(3)19(30)31/h10-13,15H,4-9,20-21H2,1-3H3,(H,22,28)(H,23,29)(H,24,27)(H,25,26)(H,30,31). The van der Waals surface area contributed by atoms with Crippen molar-refractivity contribution in [2.45, 2.75) is 77.0 Å². The summed E-state index contributed by atoms with van der Waals surface area (Å²) in [6.07, 6.45) is 1.48. The van der Waals surface area contributed by atoms with Crippen LogP contribution in [0.2, 0.25) is 0 Å². The minimum absolute atomic E-state index is 0.341. The molecule has 0 aliphatic carbocycles. The van der Waals surface area contributed by atoms with Crippen LogP contribution in [0.25, 0.3) is 0 Å². The fraction of sp³-hybridized carbons (Fsp3) is 0.737. The summed E-state index contributed by atoms with van der Waals surface area (Å²) in [7, 11) is 0. The van der Waals surface area contributed by atoms with E-state index in [1.807, 2.05) is 0 Å². The number of carbonyl (C=O) groups excluding carboxylic acids is 3. The molecule has 0 spiro atoms. The highest BCUT2D eigenvalue weighted by Crippen LogP contribution is 2.10. The largest absolute Gasteiger partial charge is 0.481 e. The van der Waals surface area contributed by atoms with Crippen LogP contribution in [0.5, 0.6) is 0 Å². The van der Waals surface area contributed by atoms with Crippen LogP contribution in [-0.4, -0.2) is 70.6 Å². The van der Waals surface area contributed by atoms with E-state index in [2.05, 4.69) is 16.0 Å². The van der Waals surface area contributed by atoms with Gasteiger partial charge >= 0.3 is 11.9 Å². The molecule has 12 nitrogen and oxygen atoms in total. The van der Waals surface area contributed by atoms with Crippen molar-refractivity contribution in [3.05, 3.63) is 0 Å². The van der Waals surface area contributed by atoms with Gasteiger partial charge in [0.15, 0.2) is 0 Å². The molecule has 0 heterocycles. The number of aliphatic carboxylic acids is 2. The third-order valence-electron chi connectivity index (χ3n) is 4.84. The van der Waals surface area contributed by atoms with E-state index < -0.39 is 60.2 Å². The molecule has 0 aromatic heterocycles. The van der Waals surface area contributed by atoms with E-state index in [1.54, 1.807) is 13.8 Å². The Morgan fingerprint density at radius 1 is 0.903 bits per heavy atom. The summed E-state index contributed by atoms with van der Waals surface area (Å²) in [5.41, 5.74) is 11.3. The molecule has 0 radical (unpaired) electrons. The number of rotatable bonds is 15. The van der Waals surface area contributed by atoms with E-state index in [9.17, 15) is 24.0 Å². The molecule has 0 rings (SSSR count). The monoisotopic (exact) mass is 445 g/mol. The van der Waals surface area contributed by atoms with Gasteiger partial charge in [0.05, 0.1) is 12.5 Å². The number of hydrogen-bond donors (Lipinski definition) is 7. The number of unbranched alkanes of at least 4 members (excludes halogenated alkanes) is 1. The van der Waals surface area contributed by atoms with E-state index >= 15 is 0 Å². The summed E-state index contributed by atoms with van der Waals surface area (Å²) in [4.78, 5) is 59.6. The second-order valence-corrected chi connectivity index (χ2v) is 7.49. The van der Waals surface area contributed by atoms with Crippen molar-refractivity contribution in [3.63, 3.8) is 0 Å². The maximum absolute atomic E-state index is 12.8. The number of nitrogens with two attached hydrogens (primary N) is 2. The molecule has 0 saturated carbocycles. The molecule has 178 valence electrons. The van der Waals surface area contributed by atoms with Crippen molar-refractivity contribution >= 4 is 29.7 Å². The zero-order valence-corrected chi connectivity index (χ0v) is 18.2. The highest BCUT2D eigenvalue weighted by atomic mass is 16.4. The molecule has 9 N–H and O–H groups in total. The van der Waals surface area contributed by atoms with Crippen LogP contribution in [0.1, 0.15) is 52.9 Å². The smallest absolute Gasteiger partial charge is 0.325 e. The third-order valence-corrected chi connectivity index (χ3v) is 4.84. The molecule has 12 heteroatoms. The SMILES string of the molecule is CCC(C)C(NC(=O)C(N)CCCCN)C(=O)NC(CC(=O)O)C(=O)NC(C)C(=O)O. The van der Waals surface area contributed by atoms with Crippen molar-refractivity contribution in [2.24, 2.45) is 17.4 Å². The van der Waals surface area contributed by atoms with Gasteiger partial charge in [0.25, 0.3) is 0 Å². The molecule has 0 aromatic rings. The highest BCUT2D eigenvalue weighted by molar-refractivity contribution is 5.95. The summed E-state index contributed by atoms with van der Waals surface area (Å²) in [6, 6.07) is -4.70. The number of carboxylic acid groups (broad SMARTS) is 2. The quantitative estimate of drug-likeness (QED) is 0.146. The normalized spacial score (nSPS) is 15.6. The van der Waals surface area contributed by atoms with Gasteiger partial charge in [-0.3, -0.25) is 24.0 Å². The van der Waals surface area contributed by atoms with Gasteiger partial charge in [0.2, 0.25) is 17.7 Å². The van der Waals surface area contributed by atoms with Crippen LogP contribution in [0.3, 0.4) is 0 Å². The summed E-state index contributed by atoms with van der Waals surface area (Å²) in [6.45, 7) is 5.19. The fourth-order valence-electron chi connectivity index (χ4n) is 2.62. The van der Waals surface area contributed by atoms with Crippen molar-refractivity contribution in [3.8, 4) is 0 Å². The Hall–Kier alpha value is -2.73. The zero-order chi connectivity index (χ0) is 24.1. The first-order valence-corrected chi connectivity index (χ1v) is 10.3. The molecule has 0 aliphatic heterocycles. The lowest BCUT2D eigenvalue weighted by Crippen LogP contribution is -2.58. The van der Waals surface area contributed by atoms with E-state index in [4.69, 9.17) is 21.7 Å². The van der Waals surface area contributed by atoms with Crippen molar-refractivity contribution < 1.29 is 34.2 Å². The molecule has 5 unspecified atom stereocenters. The molecule has 0 fully saturated rings. The van der Waals surface area contributed by atoms with Gasteiger partial charge in [-0.25, -0.2) is 0 Å². The lowest BCUT2D eigenvalue weighted by molar-refractivity contribution is -0.143. The van der Waals surface area contributed by atoms with Crippen LogP contribution in [-0.2, 0) is 24.0 Å². The fourth-order valence-corrected chi connectivity index (χ4v) is 2.62. The predicted molar refractivity (Wildman–Crippen MR) is 112 cm³/mol. The zero-order valence-electron chi connectivity index (χ0n) is 18.2. The molecular formula is C19H35N5O7. The van der Waals surface area contributed by atoms with Gasteiger partial charge in [-0.2, -0.15) is 0 Å². The molecule has 0 aliphatic rings. The molecule has 5 atom stereocenters. The average molecular weight is 446 g/mol. The van der Waals surface area contributed by atoms with E-state index in [1.165, 1.54) is 6.92 Å². The maximum Gasteiger partial charge on any atom is 0.325 e. The minimum Gasteiger partial charge on any atom is -0.481 e. The maximum atomic E-state index is 12.8. The van der Waals surface area contributed by atoms with E-state index in [0.29, 0.717) is 32.2 Å². The van der Waals surface area contributed by atoms with Crippen LogP contribution in [0.4, 0.5) is 0 Å². The van der Waals surface area contributed by atoms with Crippen LogP contribution in [0, 0.1) is 5.92 Å². The Bertz CT molecular complexity index is 643. The highest BCUT2D eigenvalue weighted by Gasteiger charge is 2.32. The van der Waals surface area contributed by atoms with Gasteiger partial charge in [-0.1, -0.05) is 26.7 Å². The molecular weight excluding hydrogens is 410 g/mol. The second kappa shape index (κ2) is 14.3. The number of amides is 3. The second-order valence-electron chi connectivity index (χ2n) is 7.49. The Morgan fingerprint density at radius 2 is 1.52 bits per heavy atom. The van der Waals surface area contributed by atoms with Crippen LogP contribution in [0.15, 0.2) is 0 Å². The Labute approximate surface area is 181 Å². The Balaban J connectivity index is 5.33. The van der Waals surface area contributed by atoms with Gasteiger partial charge < -0.3 is 37.6 Å². The lowest BCUT2D eigenvalue weighted by atomic mass is 9.97. The Morgan fingerprint density at radius 3 is 2.00 bits per heavy atom. The van der Waals surface area contributed by atoms with Crippen molar-refractivity contribution in [1.29, 1.82) is 0 Å². The van der Waals surface area contributed by atoms with Gasteiger partial charge in [-0.15, -0.1) is 0 Å².